The fourth-order valence-electron chi connectivity index (χ4n) is 1.06. The number of rotatable bonds is 4. The first-order valence-electron chi connectivity index (χ1n) is 4.75. The molecule has 6 heteroatoms. The molecule has 0 aliphatic carbocycles. The summed E-state index contributed by atoms with van der Waals surface area (Å²) in [5, 5.41) is 17.6. The minimum atomic E-state index is -1.16. The summed E-state index contributed by atoms with van der Waals surface area (Å²) < 4.78 is 4.37. The van der Waals surface area contributed by atoms with Crippen LogP contribution in [0.4, 0.5) is 0 Å². The lowest BCUT2D eigenvalue weighted by atomic mass is 10.2. The molecule has 90 valence electrons. The predicted molar refractivity (Wildman–Crippen MR) is 55.4 cm³/mol. The highest BCUT2D eigenvalue weighted by molar-refractivity contribution is 5.99. The number of carbonyl (C=O) groups is 3. The maximum atomic E-state index is 11.4. The van der Waals surface area contributed by atoms with Gasteiger partial charge in [-0.25, -0.2) is 4.79 Å². The first kappa shape index (κ1) is 12.7. The molecule has 6 nitrogen and oxygen atoms in total. The molecule has 0 amide bonds. The van der Waals surface area contributed by atoms with Crippen LogP contribution in [-0.2, 0) is 14.3 Å². The van der Waals surface area contributed by atoms with Gasteiger partial charge < -0.3 is 14.9 Å². The number of ether oxygens (including phenoxy) is 1. The number of esters is 2. The van der Waals surface area contributed by atoms with Crippen LogP contribution >= 0.6 is 0 Å². The summed E-state index contributed by atoms with van der Waals surface area (Å²) in [6, 6.07) is 5.58. The Morgan fingerprint density at radius 3 is 2.35 bits per heavy atom. The van der Waals surface area contributed by atoms with Gasteiger partial charge in [0.05, 0.1) is 12.8 Å². The number of hydrogen-bond acceptors (Lipinski definition) is 5. The third-order valence-corrected chi connectivity index (χ3v) is 1.87. The molecule has 0 radical (unpaired) electrons. The number of hydrogen-bond donors (Lipinski definition) is 2. The molecule has 0 unspecified atom stereocenters. The molecular formula is C11H10O6. The van der Waals surface area contributed by atoms with Crippen molar-refractivity contribution >= 4 is 17.9 Å². The molecule has 0 saturated carbocycles. The number of carbonyl (C=O) groups excluding carboxylic acids is 2. The number of para-hydroxylation sites is 1. The van der Waals surface area contributed by atoms with E-state index in [1.54, 1.807) is 0 Å². The number of benzene rings is 1. The van der Waals surface area contributed by atoms with E-state index in [9.17, 15) is 19.5 Å². The van der Waals surface area contributed by atoms with E-state index >= 15 is 0 Å². The molecule has 0 saturated heterocycles. The lowest BCUT2D eigenvalue weighted by Gasteiger charge is -2.03. The second-order valence-corrected chi connectivity index (χ2v) is 3.17. The lowest BCUT2D eigenvalue weighted by molar-refractivity contribution is -0.144. The van der Waals surface area contributed by atoms with E-state index in [0.717, 1.165) is 0 Å². The topological polar surface area (TPSA) is 101 Å². The van der Waals surface area contributed by atoms with Gasteiger partial charge in [-0.15, -0.1) is 0 Å². The third-order valence-electron chi connectivity index (χ3n) is 1.87. The summed E-state index contributed by atoms with van der Waals surface area (Å²) in [5.74, 6) is -3.40. The zero-order valence-corrected chi connectivity index (χ0v) is 8.75. The number of aliphatic carboxylic acids is 1. The van der Waals surface area contributed by atoms with Crippen molar-refractivity contribution in [1.29, 1.82) is 0 Å². The molecule has 1 rings (SSSR count). The van der Waals surface area contributed by atoms with E-state index in [1.165, 1.54) is 24.3 Å². The van der Waals surface area contributed by atoms with Crippen molar-refractivity contribution in [2.24, 2.45) is 0 Å². The van der Waals surface area contributed by atoms with Crippen LogP contribution in [0.15, 0.2) is 24.3 Å². The van der Waals surface area contributed by atoms with Crippen LogP contribution in [0, 0.1) is 0 Å². The summed E-state index contributed by atoms with van der Waals surface area (Å²) in [5.41, 5.74) is -0.142. The Balaban J connectivity index is 2.58. The molecular weight excluding hydrogens is 228 g/mol. The number of phenolic OH excluding ortho intramolecular Hbond substituents is 1. The number of carboxylic acids is 1. The molecule has 0 aliphatic rings. The molecule has 2 N–H and O–H groups in total. The van der Waals surface area contributed by atoms with E-state index in [2.05, 4.69) is 4.74 Å². The van der Waals surface area contributed by atoms with Crippen LogP contribution in [-0.4, -0.2) is 28.1 Å². The van der Waals surface area contributed by atoms with E-state index < -0.39 is 30.7 Å². The fourth-order valence-corrected chi connectivity index (χ4v) is 1.06. The van der Waals surface area contributed by atoms with Crippen molar-refractivity contribution in [2.75, 3.05) is 0 Å². The Morgan fingerprint density at radius 1 is 1.12 bits per heavy atom. The SMILES string of the molecule is O=C(O)CCC(=O)OC(=O)c1ccccc1O. The molecule has 0 aromatic heterocycles. The lowest BCUT2D eigenvalue weighted by Crippen LogP contribution is -2.13. The minimum absolute atomic E-state index is 0.142. The van der Waals surface area contributed by atoms with Crippen molar-refractivity contribution in [3.8, 4) is 5.75 Å². The van der Waals surface area contributed by atoms with Crippen LogP contribution in [0.2, 0.25) is 0 Å². The Kier molecular flexibility index (Phi) is 4.21. The van der Waals surface area contributed by atoms with Gasteiger partial charge in [-0.05, 0) is 12.1 Å². The largest absolute Gasteiger partial charge is 0.507 e. The quantitative estimate of drug-likeness (QED) is 0.598. The molecule has 0 heterocycles. The maximum Gasteiger partial charge on any atom is 0.349 e. The van der Waals surface area contributed by atoms with Crippen LogP contribution in [0.1, 0.15) is 23.2 Å². The van der Waals surface area contributed by atoms with Gasteiger partial charge in [-0.2, -0.15) is 0 Å². The van der Waals surface area contributed by atoms with Crippen LogP contribution in [0.3, 0.4) is 0 Å². The van der Waals surface area contributed by atoms with Crippen molar-refractivity contribution in [3.63, 3.8) is 0 Å². The summed E-state index contributed by atoms with van der Waals surface area (Å²) in [6.07, 6.45) is -0.804. The van der Waals surface area contributed by atoms with Gasteiger partial charge in [0, 0.05) is 0 Å². The first-order chi connectivity index (χ1) is 8.00. The zero-order valence-electron chi connectivity index (χ0n) is 8.75. The smallest absolute Gasteiger partial charge is 0.349 e. The monoisotopic (exact) mass is 238 g/mol. The first-order valence-corrected chi connectivity index (χ1v) is 4.75. The van der Waals surface area contributed by atoms with Crippen molar-refractivity contribution in [2.45, 2.75) is 12.8 Å². The van der Waals surface area contributed by atoms with E-state index in [1.807, 2.05) is 0 Å². The van der Waals surface area contributed by atoms with Crippen LogP contribution in [0.5, 0.6) is 5.75 Å². The zero-order chi connectivity index (χ0) is 12.8. The highest BCUT2D eigenvalue weighted by atomic mass is 16.6. The molecule has 0 aliphatic heterocycles. The van der Waals surface area contributed by atoms with Crippen molar-refractivity contribution < 1.29 is 29.3 Å². The highest BCUT2D eigenvalue weighted by Gasteiger charge is 2.16. The van der Waals surface area contributed by atoms with Gasteiger partial charge in [0.1, 0.15) is 11.3 Å². The summed E-state index contributed by atoms with van der Waals surface area (Å²) in [6.45, 7) is 0. The molecule has 0 fully saturated rings. The number of carboxylic acid groups (broad SMARTS) is 1. The van der Waals surface area contributed by atoms with Gasteiger partial charge in [0.2, 0.25) is 0 Å². The van der Waals surface area contributed by atoms with Crippen molar-refractivity contribution in [1.82, 2.24) is 0 Å². The number of aromatic hydroxyl groups is 1. The normalized spacial score (nSPS) is 9.65. The van der Waals surface area contributed by atoms with E-state index in [0.29, 0.717) is 0 Å². The van der Waals surface area contributed by atoms with Gasteiger partial charge in [-0.3, -0.25) is 9.59 Å². The molecule has 0 atom stereocenters. The second-order valence-electron chi connectivity index (χ2n) is 3.17. The Hall–Kier alpha value is -2.37. The molecule has 1 aromatic rings. The van der Waals surface area contributed by atoms with Gasteiger partial charge >= 0.3 is 17.9 Å². The average molecular weight is 238 g/mol. The minimum Gasteiger partial charge on any atom is -0.507 e. The Bertz CT molecular complexity index is 451. The number of phenols is 1. The van der Waals surface area contributed by atoms with Crippen LogP contribution in [0.25, 0.3) is 0 Å². The standard InChI is InChI=1S/C11H10O6/c12-8-4-2-1-3-7(8)11(16)17-10(15)6-5-9(13)14/h1-4,12H,5-6H2,(H,13,14). The predicted octanol–water partition coefficient (Wildman–Crippen LogP) is 0.940. The van der Waals surface area contributed by atoms with E-state index in [-0.39, 0.29) is 11.3 Å². The van der Waals surface area contributed by atoms with Crippen molar-refractivity contribution in [3.05, 3.63) is 29.8 Å². The molecule has 17 heavy (non-hydrogen) atoms. The molecule has 0 spiro atoms. The summed E-state index contributed by atoms with van der Waals surface area (Å²) in [7, 11) is 0. The Morgan fingerprint density at radius 2 is 1.76 bits per heavy atom. The maximum absolute atomic E-state index is 11.4. The summed E-state index contributed by atoms with van der Waals surface area (Å²) >= 11 is 0. The highest BCUT2D eigenvalue weighted by Crippen LogP contribution is 2.16. The third kappa shape index (κ3) is 3.94. The van der Waals surface area contributed by atoms with E-state index in [4.69, 9.17) is 5.11 Å². The average Bonchev–Trinajstić information content (AvgIpc) is 2.26. The molecule has 1 aromatic carbocycles. The van der Waals surface area contributed by atoms with Gasteiger partial charge in [0.15, 0.2) is 0 Å². The molecule has 0 bridgehead atoms. The van der Waals surface area contributed by atoms with Gasteiger partial charge in [0.25, 0.3) is 0 Å². The summed E-state index contributed by atoms with van der Waals surface area (Å²) in [4.78, 5) is 32.6. The fraction of sp³-hybridized carbons (Fsp3) is 0.182. The van der Waals surface area contributed by atoms with Gasteiger partial charge in [-0.1, -0.05) is 12.1 Å². The second kappa shape index (κ2) is 5.64. The van der Waals surface area contributed by atoms with Crippen LogP contribution < -0.4 is 0 Å². The Labute approximate surface area is 96.4 Å².